The molecule has 0 spiro atoms. The SMILES string of the molecule is [2H]C1([2H])NC([2H])([2H])C([2H])([2H])N(c2cc(Cl)cc(Br)c2)C1([2H])[2H]. The van der Waals surface area contributed by atoms with Gasteiger partial charge in [-0.15, -0.1) is 0 Å². The number of halogens is 2. The van der Waals surface area contributed by atoms with Crippen molar-refractivity contribution in [3.05, 3.63) is 27.7 Å². The molecular weight excluding hydrogens is 263 g/mol. The van der Waals surface area contributed by atoms with E-state index in [1.54, 1.807) is 5.32 Å². The Hall–Kier alpha value is -0.250. The number of piperazine rings is 1. The third-order valence-electron chi connectivity index (χ3n) is 1.57. The molecule has 1 heterocycles. The van der Waals surface area contributed by atoms with E-state index in [1.165, 1.54) is 18.2 Å². The Balaban J connectivity index is 2.71. The summed E-state index contributed by atoms with van der Waals surface area (Å²) in [5, 5.41) is 1.95. The lowest BCUT2D eigenvalue weighted by molar-refractivity contribution is 0.589. The minimum absolute atomic E-state index is 0.0800. The van der Waals surface area contributed by atoms with Crippen LogP contribution in [0.3, 0.4) is 0 Å². The van der Waals surface area contributed by atoms with Gasteiger partial charge in [0.1, 0.15) is 0 Å². The number of hydrogen-bond donors (Lipinski definition) is 1. The Morgan fingerprint density at radius 3 is 2.71 bits per heavy atom. The van der Waals surface area contributed by atoms with Crippen LogP contribution < -0.4 is 10.2 Å². The van der Waals surface area contributed by atoms with Crippen LogP contribution in [0, 0.1) is 0 Å². The van der Waals surface area contributed by atoms with E-state index in [9.17, 15) is 0 Å². The molecule has 0 aromatic heterocycles. The summed E-state index contributed by atoms with van der Waals surface area (Å²) < 4.78 is 63.3. The summed E-state index contributed by atoms with van der Waals surface area (Å²) in [6.45, 7) is -11.4. The molecule has 4 heteroatoms. The maximum atomic E-state index is 7.99. The predicted octanol–water partition coefficient (Wildman–Crippen LogP) is 2.51. The van der Waals surface area contributed by atoms with Crippen molar-refractivity contribution in [2.24, 2.45) is 0 Å². The Morgan fingerprint density at radius 1 is 1.36 bits per heavy atom. The minimum atomic E-state index is -2.87. The van der Waals surface area contributed by atoms with Gasteiger partial charge in [0.05, 0.1) is 5.48 Å². The second-order valence-electron chi connectivity index (χ2n) is 2.56. The van der Waals surface area contributed by atoms with Crippen LogP contribution in [0.25, 0.3) is 0 Å². The number of nitrogens with one attached hydrogen (secondary N) is 1. The van der Waals surface area contributed by atoms with Crippen molar-refractivity contribution >= 4 is 33.2 Å². The molecule has 1 N–H and O–H groups in total. The topological polar surface area (TPSA) is 15.3 Å². The van der Waals surface area contributed by atoms with Gasteiger partial charge in [0.15, 0.2) is 0 Å². The Bertz CT molecular complexity index is 562. The Morgan fingerprint density at radius 2 is 2.07 bits per heavy atom. The Labute approximate surface area is 109 Å². The van der Waals surface area contributed by atoms with Gasteiger partial charge in [0.25, 0.3) is 0 Å². The number of anilines is 1. The van der Waals surface area contributed by atoms with Gasteiger partial charge in [-0.1, -0.05) is 27.5 Å². The molecule has 1 aliphatic heterocycles. The first-order valence-corrected chi connectivity index (χ1v) is 4.95. The maximum absolute atomic E-state index is 7.99. The Kier molecular flexibility index (Phi) is 1.39. The van der Waals surface area contributed by atoms with Crippen LogP contribution in [0.5, 0.6) is 0 Å². The fourth-order valence-corrected chi connectivity index (χ4v) is 1.87. The molecule has 0 bridgehead atoms. The van der Waals surface area contributed by atoms with Gasteiger partial charge >= 0.3 is 0 Å². The van der Waals surface area contributed by atoms with E-state index in [1.807, 2.05) is 0 Å². The van der Waals surface area contributed by atoms with E-state index in [4.69, 9.17) is 22.6 Å². The highest BCUT2D eigenvalue weighted by Gasteiger charge is 2.10. The summed E-state index contributed by atoms with van der Waals surface area (Å²) in [6, 6.07) is 4.10. The van der Waals surface area contributed by atoms with E-state index in [0.717, 1.165) is 0 Å². The van der Waals surface area contributed by atoms with E-state index >= 15 is 0 Å². The van der Waals surface area contributed by atoms with Crippen molar-refractivity contribution in [1.29, 1.82) is 0 Å². The molecule has 0 unspecified atom stereocenters. The largest absolute Gasteiger partial charge is 0.369 e. The molecule has 0 amide bonds. The summed E-state index contributed by atoms with van der Waals surface area (Å²) in [6.07, 6.45) is 0. The first-order chi connectivity index (χ1) is 9.72. The van der Waals surface area contributed by atoms with Crippen molar-refractivity contribution in [2.75, 3.05) is 30.9 Å². The van der Waals surface area contributed by atoms with Crippen molar-refractivity contribution in [3.8, 4) is 0 Å². The molecule has 1 saturated heterocycles. The summed E-state index contributed by atoms with van der Waals surface area (Å²) in [7, 11) is 0. The molecule has 2 rings (SSSR count). The van der Waals surface area contributed by atoms with E-state index in [2.05, 4.69) is 15.9 Å². The second-order valence-corrected chi connectivity index (χ2v) is 3.91. The van der Waals surface area contributed by atoms with Crippen LogP contribution in [-0.2, 0) is 0 Å². The normalized spacial score (nSPS) is 40.0. The number of benzene rings is 1. The van der Waals surface area contributed by atoms with Gasteiger partial charge in [-0.05, 0) is 18.2 Å². The summed E-state index contributed by atoms with van der Waals surface area (Å²) >= 11 is 9.05. The zero-order valence-corrected chi connectivity index (χ0v) is 9.28. The smallest absolute Gasteiger partial charge is 0.0506 e. The first kappa shape index (κ1) is 4.32. The van der Waals surface area contributed by atoms with Crippen LogP contribution in [0.15, 0.2) is 22.7 Å². The van der Waals surface area contributed by atoms with Gasteiger partial charge in [0, 0.05) is 46.7 Å². The van der Waals surface area contributed by atoms with Crippen LogP contribution in [0.1, 0.15) is 11.0 Å². The van der Waals surface area contributed by atoms with Crippen LogP contribution in [0.4, 0.5) is 5.69 Å². The quantitative estimate of drug-likeness (QED) is 0.852. The van der Waals surface area contributed by atoms with Crippen molar-refractivity contribution in [3.63, 3.8) is 0 Å². The monoisotopic (exact) mass is 282 g/mol. The molecule has 1 aromatic rings. The highest BCUT2D eigenvalue weighted by Crippen LogP contribution is 2.25. The molecule has 14 heavy (non-hydrogen) atoms. The van der Waals surface area contributed by atoms with E-state index < -0.39 is 26.0 Å². The summed E-state index contributed by atoms with van der Waals surface area (Å²) in [4.78, 5) is 0.438. The zero-order valence-electron chi connectivity index (χ0n) is 14.9. The number of nitrogens with zero attached hydrogens (tertiary/aromatic N) is 1. The predicted molar refractivity (Wildman–Crippen MR) is 64.2 cm³/mol. The van der Waals surface area contributed by atoms with Gasteiger partial charge in [-0.25, -0.2) is 0 Å². The minimum Gasteiger partial charge on any atom is -0.369 e. The van der Waals surface area contributed by atoms with E-state index in [-0.39, 0.29) is 10.7 Å². The number of hydrogen-bond acceptors (Lipinski definition) is 2. The highest BCUT2D eigenvalue weighted by atomic mass is 79.9. The fourth-order valence-electron chi connectivity index (χ4n) is 1.02. The van der Waals surface area contributed by atoms with Crippen molar-refractivity contribution in [1.82, 2.24) is 5.32 Å². The summed E-state index contributed by atoms with van der Waals surface area (Å²) in [5.74, 6) is 0. The highest BCUT2D eigenvalue weighted by molar-refractivity contribution is 9.10. The van der Waals surface area contributed by atoms with Crippen LogP contribution in [-0.4, -0.2) is 26.0 Å². The zero-order chi connectivity index (χ0) is 17.1. The molecule has 2 nitrogen and oxygen atoms in total. The maximum Gasteiger partial charge on any atom is 0.0506 e. The van der Waals surface area contributed by atoms with Gasteiger partial charge < -0.3 is 10.2 Å². The van der Waals surface area contributed by atoms with Crippen LogP contribution in [0.2, 0.25) is 5.02 Å². The van der Waals surface area contributed by atoms with Crippen molar-refractivity contribution in [2.45, 2.75) is 0 Å². The fraction of sp³-hybridized carbons (Fsp3) is 0.400. The number of rotatable bonds is 1. The van der Waals surface area contributed by atoms with Crippen molar-refractivity contribution < 1.29 is 11.0 Å². The molecule has 1 aromatic carbocycles. The lowest BCUT2D eigenvalue weighted by Gasteiger charge is -2.29. The molecule has 76 valence electrons. The van der Waals surface area contributed by atoms with Gasteiger partial charge in [-0.2, -0.15) is 0 Å². The second kappa shape index (κ2) is 4.51. The molecule has 0 saturated carbocycles. The molecule has 0 atom stereocenters. The average molecular weight is 284 g/mol. The molecule has 1 aliphatic rings. The molecule has 1 fully saturated rings. The lowest BCUT2D eigenvalue weighted by atomic mass is 10.2. The third kappa shape index (κ3) is 2.41. The standard InChI is InChI=1S/C10H12BrClN2/c11-8-5-9(12)7-10(6-8)14-3-1-13-2-4-14/h5-7,13H,1-4H2/i1D2,2D2,3D2,4D2. The first-order valence-electron chi connectivity index (χ1n) is 7.78. The molecule has 0 radical (unpaired) electrons. The molecular formula is C10H12BrClN2. The lowest BCUT2D eigenvalue weighted by Crippen LogP contribution is -2.43. The molecule has 0 aliphatic carbocycles. The van der Waals surface area contributed by atoms with Crippen LogP contribution >= 0.6 is 27.5 Å². The summed E-state index contributed by atoms with van der Waals surface area (Å²) in [5.41, 5.74) is -0.0800. The average Bonchev–Trinajstić information content (AvgIpc) is 2.22. The van der Waals surface area contributed by atoms with Gasteiger partial charge in [-0.3, -0.25) is 0 Å². The van der Waals surface area contributed by atoms with Gasteiger partial charge in [0.2, 0.25) is 0 Å². The van der Waals surface area contributed by atoms with E-state index in [0.29, 0.717) is 9.37 Å². The third-order valence-corrected chi connectivity index (χ3v) is 2.24.